The number of H-pyrrole nitrogens is 2. The number of rotatable bonds is 3. The van der Waals surface area contributed by atoms with Crippen molar-refractivity contribution in [2.75, 3.05) is 38.1 Å². The topological polar surface area (TPSA) is 233 Å². The van der Waals surface area contributed by atoms with Crippen LogP contribution in [0.1, 0.15) is 17.3 Å². The van der Waals surface area contributed by atoms with Crippen molar-refractivity contribution in [2.45, 2.75) is 13.5 Å². The molecule has 3 aromatic rings. The first-order valence-corrected chi connectivity index (χ1v) is 10.7. The number of piperazine rings is 1. The van der Waals surface area contributed by atoms with E-state index in [2.05, 4.69) is 29.2 Å². The van der Waals surface area contributed by atoms with Crippen LogP contribution in [0.2, 0.25) is 0 Å². The van der Waals surface area contributed by atoms with Gasteiger partial charge in [-0.25, -0.2) is 9.18 Å². The largest absolute Gasteiger partial charge is 0.860 e. The lowest BCUT2D eigenvalue weighted by Gasteiger charge is -2.32. The van der Waals surface area contributed by atoms with Gasteiger partial charge < -0.3 is 46.0 Å². The van der Waals surface area contributed by atoms with Gasteiger partial charge in [-0.1, -0.05) is 0 Å². The number of likely N-dealkylation sites (N-methyl/N-ethyl adjacent to an activating group) is 1. The number of benzene rings is 1. The van der Waals surface area contributed by atoms with Crippen LogP contribution < -0.4 is 25.9 Å². The van der Waals surface area contributed by atoms with Gasteiger partial charge in [0.05, 0.1) is 44.4 Å². The second-order valence-electron chi connectivity index (χ2n) is 7.68. The van der Waals surface area contributed by atoms with E-state index in [1.807, 2.05) is 11.8 Å². The molecule has 3 heterocycles. The zero-order chi connectivity index (χ0) is 24.3. The molecule has 0 aliphatic carbocycles. The van der Waals surface area contributed by atoms with Crippen molar-refractivity contribution >= 4 is 34.8 Å². The Morgan fingerprint density at radius 2 is 1.78 bits per heavy atom. The van der Waals surface area contributed by atoms with Gasteiger partial charge >= 0.3 is 5.97 Å². The first kappa shape index (κ1) is 32.4. The van der Waals surface area contributed by atoms with E-state index in [0.29, 0.717) is 17.7 Å². The Kier molecular flexibility index (Phi) is 12.1. The van der Waals surface area contributed by atoms with Crippen LogP contribution in [0, 0.1) is 10.6 Å². The molecule has 2 aromatic heterocycles. The van der Waals surface area contributed by atoms with Gasteiger partial charge in [0.1, 0.15) is 11.4 Å². The van der Waals surface area contributed by atoms with Gasteiger partial charge in [-0.3, -0.25) is 14.6 Å². The number of pyridine rings is 1. The van der Waals surface area contributed by atoms with Crippen molar-refractivity contribution in [1.82, 2.24) is 14.5 Å². The molecular formula is C21H30FN5O8S. The first-order chi connectivity index (χ1) is 15.6. The molecule has 10 N–H and O–H groups in total. The average Bonchev–Trinajstić information content (AvgIpc) is 2.74. The normalized spacial score (nSPS) is 12.9. The minimum absolute atomic E-state index is 0. The number of nitrogens with zero attached hydrogens (tertiary/aromatic N) is 2. The summed E-state index contributed by atoms with van der Waals surface area (Å²) in [6.07, 6.45) is 1.34. The molecule has 13 nitrogen and oxygen atoms in total. The lowest BCUT2D eigenvalue weighted by Crippen LogP contribution is -3.12. The number of carboxylic acids is 1. The molecule has 0 bridgehead atoms. The highest BCUT2D eigenvalue weighted by Crippen LogP contribution is 2.25. The Balaban J connectivity index is 0.000000875. The number of aromatic nitrogens is 3. The van der Waals surface area contributed by atoms with Crippen LogP contribution in [0.5, 0.6) is 5.88 Å². The molecule has 1 aliphatic heterocycles. The number of aryl methyl sites for hydroxylation is 1. The van der Waals surface area contributed by atoms with Crippen LogP contribution in [-0.4, -0.2) is 75.3 Å². The number of quaternary nitrogens is 1. The number of carbonyl (C=O) groups is 1. The number of hydrogen-bond donors (Lipinski definition) is 4. The third kappa shape index (κ3) is 7.19. The molecule has 0 unspecified atom stereocenters. The highest BCUT2D eigenvalue weighted by Gasteiger charge is 2.22. The number of anilines is 1. The maximum absolute atomic E-state index is 14.6. The summed E-state index contributed by atoms with van der Waals surface area (Å²) >= 11 is 4.48. The fourth-order valence-electron chi connectivity index (χ4n) is 3.63. The standard InChI is InChI=1S/C17H20FN3O3.C4H4N2O2S.3H2O/c1-3-20-10-12(17(23)24)16(22)11-8-13(18)15(9-14(11)20)21-6-4-19(2)5-7-21;7-2-1-3(8)6-4(9)5-2;;;/h8-10H,3-7H2,1-2H3,(H,23,24);1H,(H3,5,6,7,8,9);3*1H2. The van der Waals surface area contributed by atoms with Gasteiger partial charge in [-0.05, 0) is 37.2 Å². The molecule has 200 valence electrons. The second-order valence-corrected chi connectivity index (χ2v) is 8.09. The predicted octanol–water partition coefficient (Wildman–Crippen LogP) is -2.77. The molecule has 1 saturated heterocycles. The van der Waals surface area contributed by atoms with E-state index >= 15 is 0 Å². The number of fused-ring (bicyclic) bond motifs is 1. The fourth-order valence-corrected chi connectivity index (χ4v) is 3.83. The molecule has 4 rings (SSSR count). The summed E-state index contributed by atoms with van der Waals surface area (Å²) in [5, 5.41) is 19.7. The van der Waals surface area contributed by atoms with Crippen LogP contribution in [-0.2, 0) is 6.54 Å². The monoisotopic (exact) mass is 531 g/mol. The summed E-state index contributed by atoms with van der Waals surface area (Å²) in [5.41, 5.74) is -0.409. The van der Waals surface area contributed by atoms with E-state index in [1.54, 1.807) is 10.6 Å². The number of hydrogen-bond acceptors (Lipinski definition) is 6. The summed E-state index contributed by atoms with van der Waals surface area (Å²) in [6, 6.07) is 3.74. The zero-order valence-corrected chi connectivity index (χ0v) is 20.4. The molecule has 1 aliphatic rings. The third-order valence-corrected chi connectivity index (χ3v) is 5.62. The maximum Gasteiger partial charge on any atom is 0.341 e. The van der Waals surface area contributed by atoms with Gasteiger partial charge in [-0.15, -0.1) is 0 Å². The zero-order valence-electron chi connectivity index (χ0n) is 19.6. The number of nitrogens with one attached hydrogen (secondary N) is 3. The van der Waals surface area contributed by atoms with Gasteiger partial charge in [0, 0.05) is 24.2 Å². The predicted molar refractivity (Wildman–Crippen MR) is 132 cm³/mol. The maximum atomic E-state index is 14.6. The Labute approximate surface area is 209 Å². The van der Waals surface area contributed by atoms with Gasteiger partial charge in [0.2, 0.25) is 5.43 Å². The van der Waals surface area contributed by atoms with Crippen molar-refractivity contribution in [2.24, 2.45) is 0 Å². The van der Waals surface area contributed by atoms with E-state index in [4.69, 9.17) is 0 Å². The van der Waals surface area contributed by atoms with Gasteiger partial charge in [-0.2, -0.15) is 0 Å². The van der Waals surface area contributed by atoms with Crippen LogP contribution in [0.4, 0.5) is 10.1 Å². The van der Waals surface area contributed by atoms with Gasteiger partial charge in [0.15, 0.2) is 4.77 Å². The van der Waals surface area contributed by atoms with Crippen LogP contribution in [0.3, 0.4) is 0 Å². The molecule has 15 heteroatoms. The summed E-state index contributed by atoms with van der Waals surface area (Å²) in [5.74, 6) is -2.25. The Morgan fingerprint density at radius 1 is 1.17 bits per heavy atom. The number of aromatic carboxylic acids is 1. The molecule has 1 fully saturated rings. The van der Waals surface area contributed by atoms with Crippen molar-refractivity contribution in [1.29, 1.82) is 0 Å². The molecule has 36 heavy (non-hydrogen) atoms. The number of carboxylic acid groups (broad SMARTS) is 1. The van der Waals surface area contributed by atoms with Crippen molar-refractivity contribution in [3.8, 4) is 5.88 Å². The Bertz CT molecular complexity index is 1340. The van der Waals surface area contributed by atoms with Crippen molar-refractivity contribution in [3.05, 3.63) is 61.1 Å². The molecule has 0 amide bonds. The van der Waals surface area contributed by atoms with E-state index in [9.17, 15) is 29.0 Å². The third-order valence-electron chi connectivity index (χ3n) is 5.41. The number of halogens is 1. The number of aromatic amines is 2. The summed E-state index contributed by atoms with van der Waals surface area (Å²) in [6.45, 7) is 5.70. The SMILES string of the molecule is CCn1cc(C(=O)O)c(=O)c2cc(F)c(N3CC[NH+](C)CC3)cc21.O.O.O.O=c1cc([O-])[nH]c(=S)[nH]1. The van der Waals surface area contributed by atoms with E-state index in [0.717, 1.165) is 32.2 Å². The molecular weight excluding hydrogens is 501 g/mol. The highest BCUT2D eigenvalue weighted by molar-refractivity contribution is 7.71. The molecule has 0 spiro atoms. The van der Waals surface area contributed by atoms with E-state index in [1.165, 1.54) is 17.2 Å². The quantitative estimate of drug-likeness (QED) is 0.259. The van der Waals surface area contributed by atoms with Crippen molar-refractivity contribution in [3.63, 3.8) is 0 Å². The molecule has 1 aromatic carbocycles. The smallest absolute Gasteiger partial charge is 0.341 e. The second kappa shape index (κ2) is 13.5. The average molecular weight is 532 g/mol. The lowest BCUT2D eigenvalue weighted by atomic mass is 10.1. The Hall–Kier alpha value is -3.63. The summed E-state index contributed by atoms with van der Waals surface area (Å²) in [4.78, 5) is 41.8. The minimum Gasteiger partial charge on any atom is -0.860 e. The van der Waals surface area contributed by atoms with Crippen LogP contribution >= 0.6 is 12.2 Å². The first-order valence-electron chi connectivity index (χ1n) is 10.3. The molecule has 0 saturated carbocycles. The molecule has 0 atom stereocenters. The van der Waals surface area contributed by atoms with Gasteiger partial charge in [0.25, 0.3) is 5.56 Å². The summed E-state index contributed by atoms with van der Waals surface area (Å²) in [7, 11) is 2.11. The minimum atomic E-state index is -1.30. The molecule has 0 radical (unpaired) electrons. The lowest BCUT2D eigenvalue weighted by molar-refractivity contribution is -0.880. The van der Waals surface area contributed by atoms with Crippen LogP contribution in [0.25, 0.3) is 10.9 Å². The van der Waals surface area contributed by atoms with E-state index in [-0.39, 0.29) is 32.1 Å². The summed E-state index contributed by atoms with van der Waals surface area (Å²) < 4.78 is 16.4. The van der Waals surface area contributed by atoms with Crippen LogP contribution in [0.15, 0.2) is 34.0 Å². The Morgan fingerprint density at radius 3 is 2.28 bits per heavy atom. The van der Waals surface area contributed by atoms with Crippen molar-refractivity contribution < 1.29 is 40.7 Å². The van der Waals surface area contributed by atoms with E-state index < -0.39 is 28.7 Å². The highest BCUT2D eigenvalue weighted by atomic mass is 32.1. The fraction of sp³-hybridized carbons (Fsp3) is 0.333.